The van der Waals surface area contributed by atoms with Crippen LogP contribution in [0.2, 0.25) is 0 Å². The number of alkyl halides is 2. The van der Waals surface area contributed by atoms with Crippen molar-refractivity contribution in [2.45, 2.75) is 70.6 Å². The lowest BCUT2D eigenvalue weighted by Crippen LogP contribution is -2.27. The Morgan fingerprint density at radius 1 is 0.903 bits per heavy atom. The topological polar surface area (TPSA) is 27.0 Å². The lowest BCUT2D eigenvalue weighted by molar-refractivity contribution is 0.108. The minimum atomic E-state index is -1.30. The van der Waals surface area contributed by atoms with Crippen LogP contribution in [-0.4, -0.2) is 36.9 Å². The van der Waals surface area contributed by atoms with Gasteiger partial charge >= 0.3 is 0 Å². The van der Waals surface area contributed by atoms with Gasteiger partial charge < -0.3 is 4.90 Å². The largest absolute Gasteiger partial charge is 0.303 e. The van der Waals surface area contributed by atoms with Crippen molar-refractivity contribution in [3.05, 3.63) is 71.3 Å². The van der Waals surface area contributed by atoms with Gasteiger partial charge in [-0.15, -0.1) is 0 Å². The van der Waals surface area contributed by atoms with Crippen LogP contribution in [0, 0.1) is 11.3 Å². The minimum Gasteiger partial charge on any atom is -0.303 e. The Morgan fingerprint density at radius 3 is 2.16 bits per heavy atom. The fourth-order valence-corrected chi connectivity index (χ4v) is 4.20. The van der Waals surface area contributed by atoms with Crippen LogP contribution >= 0.6 is 0 Å². The number of rotatable bonds is 9. The summed E-state index contributed by atoms with van der Waals surface area (Å²) in [6.07, 6.45) is 2.17. The fourth-order valence-electron chi connectivity index (χ4n) is 4.20. The predicted molar refractivity (Wildman–Crippen MR) is 125 cm³/mol. The molecule has 0 saturated heterocycles. The Labute approximate surface area is 186 Å². The third kappa shape index (κ3) is 8.79. The van der Waals surface area contributed by atoms with E-state index in [9.17, 15) is 8.78 Å². The molecular formula is C27H36F2N2. The summed E-state index contributed by atoms with van der Waals surface area (Å²) in [5.74, 6) is 0.171. The summed E-state index contributed by atoms with van der Waals surface area (Å²) >= 11 is 0. The van der Waals surface area contributed by atoms with Crippen molar-refractivity contribution in [1.82, 2.24) is 4.90 Å². The van der Waals surface area contributed by atoms with Gasteiger partial charge in [-0.1, -0.05) is 61.5 Å². The normalized spacial score (nSPS) is 20.6. The SMILES string of the molecule is CC#N.CCN(CCCc1ccc(C2CCC(F)C(F)C2)cc1)CCc1ccccc1. The van der Waals surface area contributed by atoms with Crippen LogP contribution in [0.15, 0.2) is 54.6 Å². The highest BCUT2D eigenvalue weighted by atomic mass is 19.2. The van der Waals surface area contributed by atoms with Gasteiger partial charge in [0.15, 0.2) is 0 Å². The van der Waals surface area contributed by atoms with Crippen molar-refractivity contribution < 1.29 is 8.78 Å². The molecule has 168 valence electrons. The first kappa shape index (κ1) is 25.0. The number of hydrogen-bond acceptors (Lipinski definition) is 2. The summed E-state index contributed by atoms with van der Waals surface area (Å²) in [4.78, 5) is 2.51. The van der Waals surface area contributed by atoms with E-state index in [1.54, 1.807) is 6.07 Å². The highest BCUT2D eigenvalue weighted by Gasteiger charge is 2.31. The maximum Gasteiger partial charge on any atom is 0.132 e. The number of halogens is 2. The zero-order chi connectivity index (χ0) is 22.5. The molecule has 0 spiro atoms. The van der Waals surface area contributed by atoms with Gasteiger partial charge in [-0.05, 0) is 74.2 Å². The summed E-state index contributed by atoms with van der Waals surface area (Å²) in [6, 6.07) is 21.0. The van der Waals surface area contributed by atoms with E-state index in [4.69, 9.17) is 5.26 Å². The molecule has 2 aromatic carbocycles. The standard InChI is InChI=1S/C25H33F2N.C2H3N/c1-2-28(18-16-20-7-4-3-5-8-20)17-6-9-21-10-12-22(13-11-21)23-14-15-24(26)25(27)19-23;1-2-3/h3-5,7-8,10-13,23-25H,2,6,9,14-19H2,1H3;1H3. The van der Waals surface area contributed by atoms with Crippen LogP contribution in [0.3, 0.4) is 0 Å². The van der Waals surface area contributed by atoms with Crippen molar-refractivity contribution in [2.75, 3.05) is 19.6 Å². The Bertz CT molecular complexity index is 770. The van der Waals surface area contributed by atoms with E-state index in [2.05, 4.69) is 66.4 Å². The molecule has 0 heterocycles. The third-order valence-electron chi connectivity index (χ3n) is 6.09. The van der Waals surface area contributed by atoms with Crippen LogP contribution < -0.4 is 0 Å². The molecule has 0 radical (unpaired) electrons. The van der Waals surface area contributed by atoms with Gasteiger partial charge in [-0.2, -0.15) is 5.26 Å². The molecule has 0 amide bonds. The number of likely N-dealkylation sites (N-methyl/N-ethyl adjacent to an activating group) is 1. The van der Waals surface area contributed by atoms with Crippen molar-refractivity contribution in [3.8, 4) is 6.07 Å². The summed E-state index contributed by atoms with van der Waals surface area (Å²) in [5, 5.41) is 7.32. The van der Waals surface area contributed by atoms with E-state index in [0.717, 1.165) is 50.9 Å². The summed E-state index contributed by atoms with van der Waals surface area (Å²) < 4.78 is 27.0. The first-order chi connectivity index (χ1) is 15.1. The fraction of sp³-hybridized carbons (Fsp3) is 0.519. The molecule has 0 aliphatic heterocycles. The lowest BCUT2D eigenvalue weighted by atomic mass is 9.82. The number of aryl methyl sites for hydroxylation is 1. The first-order valence-electron chi connectivity index (χ1n) is 11.5. The molecule has 31 heavy (non-hydrogen) atoms. The zero-order valence-corrected chi connectivity index (χ0v) is 18.9. The number of nitriles is 1. The van der Waals surface area contributed by atoms with Crippen molar-refractivity contribution in [2.24, 2.45) is 0 Å². The van der Waals surface area contributed by atoms with E-state index in [1.165, 1.54) is 18.1 Å². The van der Waals surface area contributed by atoms with Gasteiger partial charge in [0.05, 0.1) is 6.07 Å². The molecule has 2 nitrogen and oxygen atoms in total. The molecule has 0 aromatic heterocycles. The van der Waals surface area contributed by atoms with Crippen molar-refractivity contribution in [1.29, 1.82) is 5.26 Å². The molecule has 0 bridgehead atoms. The van der Waals surface area contributed by atoms with E-state index in [1.807, 2.05) is 0 Å². The maximum atomic E-state index is 13.7. The molecule has 2 aromatic rings. The molecule has 4 heteroatoms. The van der Waals surface area contributed by atoms with Gasteiger partial charge in [-0.25, -0.2) is 8.78 Å². The molecule has 1 fully saturated rings. The summed E-state index contributed by atoms with van der Waals surface area (Å²) in [7, 11) is 0. The van der Waals surface area contributed by atoms with Crippen LogP contribution in [0.4, 0.5) is 8.78 Å². The Hall–Kier alpha value is -2.25. The van der Waals surface area contributed by atoms with Crippen LogP contribution in [-0.2, 0) is 12.8 Å². The summed E-state index contributed by atoms with van der Waals surface area (Å²) in [6.45, 7) is 6.94. The molecule has 0 N–H and O–H groups in total. The summed E-state index contributed by atoms with van der Waals surface area (Å²) in [5.41, 5.74) is 3.89. The molecule has 1 saturated carbocycles. The molecule has 1 aliphatic rings. The highest BCUT2D eigenvalue weighted by molar-refractivity contribution is 5.26. The number of nitrogens with zero attached hydrogens (tertiary/aromatic N) is 2. The zero-order valence-electron chi connectivity index (χ0n) is 18.9. The third-order valence-corrected chi connectivity index (χ3v) is 6.09. The van der Waals surface area contributed by atoms with Gasteiger partial charge in [0.1, 0.15) is 12.3 Å². The van der Waals surface area contributed by atoms with Gasteiger partial charge in [-0.3, -0.25) is 0 Å². The first-order valence-corrected chi connectivity index (χ1v) is 11.5. The smallest absolute Gasteiger partial charge is 0.132 e. The molecular weight excluding hydrogens is 390 g/mol. The molecule has 3 unspecified atom stereocenters. The quantitative estimate of drug-likeness (QED) is 0.448. The average Bonchev–Trinajstić information content (AvgIpc) is 2.79. The van der Waals surface area contributed by atoms with Crippen molar-refractivity contribution >= 4 is 0 Å². The second-order valence-corrected chi connectivity index (χ2v) is 8.28. The Kier molecular flexibility index (Phi) is 11.2. The molecule has 3 rings (SSSR count). The van der Waals surface area contributed by atoms with E-state index >= 15 is 0 Å². The number of hydrogen-bond donors (Lipinski definition) is 0. The minimum absolute atomic E-state index is 0.171. The van der Waals surface area contributed by atoms with Crippen LogP contribution in [0.5, 0.6) is 0 Å². The average molecular weight is 427 g/mol. The Morgan fingerprint density at radius 2 is 1.55 bits per heavy atom. The maximum absolute atomic E-state index is 13.7. The van der Waals surface area contributed by atoms with Gasteiger partial charge in [0.2, 0.25) is 0 Å². The molecule has 1 aliphatic carbocycles. The predicted octanol–water partition coefficient (Wildman–Crippen LogP) is 6.66. The molecule has 3 atom stereocenters. The second kappa shape index (κ2) is 13.9. The van der Waals surface area contributed by atoms with Crippen LogP contribution in [0.25, 0.3) is 0 Å². The lowest BCUT2D eigenvalue weighted by Gasteiger charge is -2.27. The van der Waals surface area contributed by atoms with E-state index in [0.29, 0.717) is 12.8 Å². The Balaban J connectivity index is 0.00000107. The van der Waals surface area contributed by atoms with Crippen LogP contribution in [0.1, 0.15) is 62.1 Å². The van der Waals surface area contributed by atoms with E-state index < -0.39 is 12.3 Å². The second-order valence-electron chi connectivity index (χ2n) is 8.28. The number of benzene rings is 2. The highest BCUT2D eigenvalue weighted by Crippen LogP contribution is 2.35. The van der Waals surface area contributed by atoms with Crippen molar-refractivity contribution in [3.63, 3.8) is 0 Å². The van der Waals surface area contributed by atoms with Gasteiger partial charge in [0, 0.05) is 13.5 Å². The monoisotopic (exact) mass is 426 g/mol. The van der Waals surface area contributed by atoms with Gasteiger partial charge in [0.25, 0.3) is 0 Å². The van der Waals surface area contributed by atoms with E-state index in [-0.39, 0.29) is 5.92 Å².